The molecule has 10 heteroatoms. The zero-order valence-electron chi connectivity index (χ0n) is 9.58. The lowest BCUT2D eigenvalue weighted by Gasteiger charge is -2.69. The van der Waals surface area contributed by atoms with Crippen LogP contribution in [0.2, 0.25) is 0 Å². The van der Waals surface area contributed by atoms with Gasteiger partial charge in [-0.3, -0.25) is 0 Å². The second-order valence-electron chi connectivity index (χ2n) is 4.37. The van der Waals surface area contributed by atoms with Crippen LogP contribution in [0.3, 0.4) is 0 Å². The van der Waals surface area contributed by atoms with Crippen molar-refractivity contribution in [2.45, 2.75) is 16.2 Å². The molecule has 1 N–H and O–H groups in total. The van der Waals surface area contributed by atoms with Crippen LogP contribution in [0.5, 0.6) is 5.75 Å². The van der Waals surface area contributed by atoms with Crippen LogP contribution in [-0.2, 0) is 0 Å². The highest BCUT2D eigenvalue weighted by Crippen LogP contribution is 2.40. The van der Waals surface area contributed by atoms with E-state index in [1.165, 1.54) is 0 Å². The summed E-state index contributed by atoms with van der Waals surface area (Å²) < 4.78 is 44.8. The van der Waals surface area contributed by atoms with E-state index in [-0.39, 0.29) is 0 Å². The maximum absolute atomic E-state index is 13.5. The Bertz CT molecular complexity index is 525. The van der Waals surface area contributed by atoms with E-state index in [2.05, 4.69) is 5.32 Å². The van der Waals surface area contributed by atoms with E-state index in [1.54, 1.807) is 0 Å². The fourth-order valence-corrected chi connectivity index (χ4v) is 1.74. The van der Waals surface area contributed by atoms with Crippen LogP contribution in [0.1, 0.15) is 0 Å². The van der Waals surface area contributed by atoms with Crippen LogP contribution in [0, 0.1) is 17.5 Å². The third kappa shape index (κ3) is 1.92. The molecule has 0 bridgehead atoms. The fourth-order valence-electron chi connectivity index (χ4n) is 1.74. The van der Waals surface area contributed by atoms with Crippen molar-refractivity contribution in [2.24, 2.45) is 0 Å². The fraction of sp³-hybridized carbons (Fsp3) is 0.333. The molecule has 1 aliphatic heterocycles. The van der Waals surface area contributed by atoms with Crippen LogP contribution < -0.4 is 10.1 Å². The van der Waals surface area contributed by atoms with E-state index in [4.69, 9.17) is 44.0 Å². The van der Waals surface area contributed by atoms with Crippen molar-refractivity contribution in [3.8, 4) is 5.75 Å². The monoisotopic (exact) mass is 253 g/mol. The van der Waals surface area contributed by atoms with Gasteiger partial charge in [-0.1, -0.05) is 0 Å². The molecule has 0 aromatic heterocycles. The molecule has 1 aromatic rings. The lowest BCUT2D eigenvalue weighted by Crippen LogP contribution is -2.94. The first-order valence-electron chi connectivity index (χ1n) is 5.08. The van der Waals surface area contributed by atoms with Gasteiger partial charge in [-0.05, 0) is 22.8 Å². The molecule has 0 unspecified atom stereocenters. The molecule has 2 nitrogen and oxygen atoms in total. The molecule has 1 heterocycles. The van der Waals surface area contributed by atoms with Gasteiger partial charge in [-0.2, -0.15) is 4.39 Å². The van der Waals surface area contributed by atoms with Gasteiger partial charge in [-0.15, -0.1) is 0 Å². The zero-order valence-corrected chi connectivity index (χ0v) is 9.58. The Kier molecular flexibility index (Phi) is 3.09. The number of halogens is 3. The van der Waals surface area contributed by atoms with Gasteiger partial charge in [0.2, 0.25) is 5.82 Å². The van der Waals surface area contributed by atoms with Crippen LogP contribution >= 0.6 is 0 Å². The lowest BCUT2D eigenvalue weighted by atomic mass is 9.27. The van der Waals surface area contributed by atoms with E-state index in [1.807, 2.05) is 0 Å². The van der Waals surface area contributed by atoms with E-state index in [0.29, 0.717) is 12.1 Å². The Labute approximate surface area is 114 Å². The van der Waals surface area contributed by atoms with Gasteiger partial charge in [-0.25, -0.2) is 8.78 Å². The minimum atomic E-state index is -2.25. The normalized spacial score (nSPS) is 22.5. The second-order valence-corrected chi connectivity index (χ2v) is 4.37. The number of rotatable bonds is 2. The number of ether oxygens (including phenoxy) is 1. The summed E-state index contributed by atoms with van der Waals surface area (Å²) in [6, 6.07) is 1.22. The van der Waals surface area contributed by atoms with Gasteiger partial charge < -0.3 is 10.1 Å². The van der Waals surface area contributed by atoms with Gasteiger partial charge in [0.25, 0.3) is 0 Å². The molecule has 1 aromatic carbocycles. The van der Waals surface area contributed by atoms with Gasteiger partial charge in [0.1, 0.15) is 7.85 Å². The van der Waals surface area contributed by atoms with Crippen molar-refractivity contribution in [3.63, 3.8) is 0 Å². The first-order valence-corrected chi connectivity index (χ1v) is 5.08. The predicted octanol–water partition coefficient (Wildman–Crippen LogP) is -1.07. The molecule has 0 aliphatic carbocycles. The molecule has 19 heavy (non-hydrogen) atoms. The van der Waals surface area contributed by atoms with Crippen molar-refractivity contribution >= 4 is 39.2 Å². The van der Waals surface area contributed by atoms with Crippen molar-refractivity contribution in [3.05, 3.63) is 29.6 Å². The molecule has 1 fully saturated rings. The second kappa shape index (κ2) is 4.04. The molecule has 2 rings (SSSR count). The average molecular weight is 252 g/mol. The van der Waals surface area contributed by atoms with Gasteiger partial charge in [0.15, 0.2) is 17.4 Å². The molecule has 0 saturated carbocycles. The Balaban J connectivity index is 2.44. The minimum Gasteiger partial charge on any atom is -0.491 e. The lowest BCUT2D eigenvalue weighted by molar-refractivity contribution is 0.0116. The van der Waals surface area contributed by atoms with Crippen LogP contribution in [0.15, 0.2) is 12.1 Å². The summed E-state index contributed by atoms with van der Waals surface area (Å²) in [5.41, 5.74) is -2.25. The van der Waals surface area contributed by atoms with Crippen molar-refractivity contribution < 1.29 is 17.9 Å². The Hall–Kier alpha value is -0.905. The standard InChI is InChI=1S/C9H3B5F3NO/c10-7(8(11,12)18-9(7,13)14)19-6-4(16)2-1-3(15)5(6)17/h1-2,18H. The smallest absolute Gasteiger partial charge is 0.203 e. The van der Waals surface area contributed by atoms with Crippen molar-refractivity contribution in [1.82, 2.24) is 5.32 Å². The quantitative estimate of drug-likeness (QED) is 0.535. The number of hydrogen-bond acceptors (Lipinski definition) is 2. The molecule has 0 spiro atoms. The summed E-state index contributed by atoms with van der Waals surface area (Å²) in [7, 11) is 27.6. The summed E-state index contributed by atoms with van der Waals surface area (Å²) in [6.07, 6.45) is 0. The summed E-state index contributed by atoms with van der Waals surface area (Å²) in [4.78, 5) is 0. The number of benzene rings is 1. The number of hydrogen-bond donors (Lipinski definition) is 1. The van der Waals surface area contributed by atoms with E-state index < -0.39 is 39.4 Å². The summed E-state index contributed by atoms with van der Waals surface area (Å²) in [5.74, 6) is -5.25. The maximum Gasteiger partial charge on any atom is 0.203 e. The Morgan fingerprint density at radius 3 is 1.84 bits per heavy atom. The van der Waals surface area contributed by atoms with Gasteiger partial charge in [0, 0.05) is 0 Å². The largest absolute Gasteiger partial charge is 0.491 e. The highest BCUT2D eigenvalue weighted by Gasteiger charge is 2.61. The highest BCUT2D eigenvalue weighted by molar-refractivity contribution is 6.56. The van der Waals surface area contributed by atoms with Gasteiger partial charge in [0.05, 0.1) is 36.9 Å². The van der Waals surface area contributed by atoms with Crippen LogP contribution in [0.4, 0.5) is 13.2 Å². The average Bonchev–Trinajstić information content (AvgIpc) is 2.27. The third-order valence-electron chi connectivity index (χ3n) is 2.91. The molecule has 10 radical (unpaired) electrons. The predicted molar refractivity (Wildman–Crippen MR) is 67.0 cm³/mol. The van der Waals surface area contributed by atoms with E-state index in [0.717, 1.165) is 0 Å². The Morgan fingerprint density at radius 2 is 1.37 bits per heavy atom. The first-order chi connectivity index (χ1) is 8.52. The first kappa shape index (κ1) is 14.5. The van der Waals surface area contributed by atoms with Crippen LogP contribution in [0.25, 0.3) is 0 Å². The summed E-state index contributed by atoms with van der Waals surface area (Å²) in [6.45, 7) is 0. The van der Waals surface area contributed by atoms with Crippen molar-refractivity contribution in [2.75, 3.05) is 0 Å². The molecular weight excluding hydrogens is 249 g/mol. The van der Waals surface area contributed by atoms with E-state index in [9.17, 15) is 13.2 Å². The summed E-state index contributed by atoms with van der Waals surface area (Å²) in [5, 5.41) is -1.67. The molecular formula is C9H3B5F3NO. The molecule has 0 amide bonds. The topological polar surface area (TPSA) is 21.3 Å². The summed E-state index contributed by atoms with van der Waals surface area (Å²) >= 11 is 0. The zero-order chi connectivity index (χ0) is 14.6. The maximum atomic E-state index is 13.5. The number of nitrogens with one attached hydrogen (secondary N) is 1. The third-order valence-corrected chi connectivity index (χ3v) is 2.91. The van der Waals surface area contributed by atoms with Crippen LogP contribution in [-0.4, -0.2) is 55.4 Å². The van der Waals surface area contributed by atoms with Gasteiger partial charge >= 0.3 is 0 Å². The molecule has 1 aliphatic rings. The molecule has 86 valence electrons. The molecule has 1 saturated heterocycles. The Morgan fingerprint density at radius 1 is 0.895 bits per heavy atom. The van der Waals surface area contributed by atoms with Crippen molar-refractivity contribution in [1.29, 1.82) is 0 Å². The minimum absolute atomic E-state index is 0.579. The highest BCUT2D eigenvalue weighted by atomic mass is 19.2. The van der Waals surface area contributed by atoms with E-state index >= 15 is 0 Å². The molecule has 0 atom stereocenters. The SMILES string of the molecule is [B]C1([B])NC([B])([B])C1([B])Oc1c(F)ccc(F)c1F.